The van der Waals surface area contributed by atoms with E-state index in [1.54, 1.807) is 12.1 Å². The summed E-state index contributed by atoms with van der Waals surface area (Å²) in [6.45, 7) is 0. The SMILES string of the molecule is COC(=O)c1ccccc1O.O=[N+]([O-])c1ccc(C(F)(F)F)cc1Cl. The molecule has 0 bridgehead atoms. The summed E-state index contributed by atoms with van der Waals surface area (Å²) in [6, 6.07) is 8.11. The van der Waals surface area contributed by atoms with Crippen molar-refractivity contribution in [2.45, 2.75) is 6.18 Å². The van der Waals surface area contributed by atoms with Crippen LogP contribution in [0, 0.1) is 10.1 Å². The molecule has 6 nitrogen and oxygen atoms in total. The van der Waals surface area contributed by atoms with Crippen molar-refractivity contribution < 1.29 is 32.7 Å². The molecule has 0 saturated carbocycles. The van der Waals surface area contributed by atoms with E-state index in [-0.39, 0.29) is 11.3 Å². The first-order chi connectivity index (χ1) is 11.6. The number of benzene rings is 2. The first-order valence-corrected chi connectivity index (χ1v) is 6.83. The molecule has 2 aromatic carbocycles. The van der Waals surface area contributed by atoms with E-state index in [4.69, 9.17) is 16.7 Å². The van der Waals surface area contributed by atoms with E-state index in [0.717, 1.165) is 6.07 Å². The molecule has 10 heteroatoms. The summed E-state index contributed by atoms with van der Waals surface area (Å²) >= 11 is 5.29. The summed E-state index contributed by atoms with van der Waals surface area (Å²) in [5.74, 6) is -0.581. The molecular formula is C15H11ClF3NO5. The van der Waals surface area contributed by atoms with E-state index in [2.05, 4.69) is 4.74 Å². The maximum absolute atomic E-state index is 12.1. The lowest BCUT2D eigenvalue weighted by molar-refractivity contribution is -0.384. The van der Waals surface area contributed by atoms with E-state index in [0.29, 0.717) is 12.1 Å². The lowest BCUT2D eigenvalue weighted by Crippen LogP contribution is -2.04. The zero-order valence-corrected chi connectivity index (χ0v) is 13.3. The lowest BCUT2D eigenvalue weighted by atomic mass is 10.2. The van der Waals surface area contributed by atoms with Crippen LogP contribution in [-0.2, 0) is 10.9 Å². The molecule has 1 N–H and O–H groups in total. The third kappa shape index (κ3) is 5.64. The minimum Gasteiger partial charge on any atom is -0.507 e. The Balaban J connectivity index is 0.000000257. The van der Waals surface area contributed by atoms with Gasteiger partial charge in [-0.3, -0.25) is 10.1 Å². The van der Waals surface area contributed by atoms with Crippen molar-refractivity contribution in [2.75, 3.05) is 7.11 Å². The average molecular weight is 378 g/mol. The molecule has 0 saturated heterocycles. The lowest BCUT2D eigenvalue weighted by Gasteiger charge is -2.06. The molecule has 0 radical (unpaired) electrons. The number of aromatic hydroxyl groups is 1. The molecule has 0 spiro atoms. The summed E-state index contributed by atoms with van der Waals surface area (Å²) in [5.41, 5.74) is -1.36. The number of phenolic OH excluding ortho intramolecular Hbond substituents is 1. The summed E-state index contributed by atoms with van der Waals surface area (Å²) in [4.78, 5) is 20.2. The van der Waals surface area contributed by atoms with Crippen molar-refractivity contribution >= 4 is 23.3 Å². The minimum absolute atomic E-state index is 0.0562. The number of esters is 1. The number of hydrogen-bond acceptors (Lipinski definition) is 5. The van der Waals surface area contributed by atoms with Crippen LogP contribution in [0.2, 0.25) is 5.02 Å². The van der Waals surface area contributed by atoms with Gasteiger partial charge < -0.3 is 9.84 Å². The Hall–Kier alpha value is -2.81. The zero-order chi connectivity index (χ0) is 19.2. The fraction of sp³-hybridized carbons (Fsp3) is 0.133. The van der Waals surface area contributed by atoms with Crippen LogP contribution in [-0.4, -0.2) is 23.1 Å². The van der Waals surface area contributed by atoms with E-state index in [1.165, 1.54) is 19.2 Å². The Morgan fingerprint density at radius 2 is 1.84 bits per heavy atom. The number of rotatable bonds is 2. The number of ether oxygens (including phenoxy) is 1. The highest BCUT2D eigenvalue weighted by Gasteiger charge is 2.31. The molecule has 0 fully saturated rings. The highest BCUT2D eigenvalue weighted by atomic mass is 35.5. The highest BCUT2D eigenvalue weighted by molar-refractivity contribution is 6.32. The topological polar surface area (TPSA) is 89.7 Å². The van der Waals surface area contributed by atoms with Crippen LogP contribution in [0.5, 0.6) is 5.75 Å². The van der Waals surface area contributed by atoms with Crippen LogP contribution in [0.15, 0.2) is 42.5 Å². The van der Waals surface area contributed by atoms with Crippen molar-refractivity contribution in [1.29, 1.82) is 0 Å². The number of phenols is 1. The van der Waals surface area contributed by atoms with Gasteiger partial charge in [-0.05, 0) is 24.3 Å². The number of halogens is 4. The molecule has 0 heterocycles. The number of methoxy groups -OCH3 is 1. The molecule has 0 amide bonds. The molecule has 0 aliphatic carbocycles. The standard InChI is InChI=1S/C8H8O3.C7H3ClF3NO2/c1-11-8(10)6-4-2-3-5-7(6)9;8-5-3-4(7(9,10)11)1-2-6(5)12(13)14/h2-5,9H,1H3;1-3H. The Kier molecular flexibility index (Phi) is 6.75. The molecule has 0 unspecified atom stereocenters. The molecule has 0 aliphatic rings. The molecule has 2 aromatic rings. The van der Waals surface area contributed by atoms with Crippen molar-refractivity contribution in [1.82, 2.24) is 0 Å². The van der Waals surface area contributed by atoms with Gasteiger partial charge in [0.05, 0.1) is 17.6 Å². The second-order valence-corrected chi connectivity index (χ2v) is 4.84. The van der Waals surface area contributed by atoms with Crippen molar-refractivity contribution in [3.05, 3.63) is 68.7 Å². The summed E-state index contributed by atoms with van der Waals surface area (Å²) in [6.07, 6.45) is -4.54. The average Bonchev–Trinajstić information content (AvgIpc) is 2.54. The van der Waals surface area contributed by atoms with E-state index < -0.39 is 33.3 Å². The largest absolute Gasteiger partial charge is 0.507 e. The Morgan fingerprint density at radius 3 is 2.28 bits per heavy atom. The Morgan fingerprint density at radius 1 is 1.24 bits per heavy atom. The van der Waals surface area contributed by atoms with E-state index in [9.17, 15) is 28.1 Å². The van der Waals surface area contributed by atoms with Crippen LogP contribution in [0.3, 0.4) is 0 Å². The van der Waals surface area contributed by atoms with Crippen LogP contribution < -0.4 is 0 Å². The van der Waals surface area contributed by atoms with Gasteiger partial charge in [0.15, 0.2) is 0 Å². The molecule has 25 heavy (non-hydrogen) atoms. The fourth-order valence-corrected chi connectivity index (χ4v) is 1.84. The van der Waals surface area contributed by atoms with Gasteiger partial charge in [-0.15, -0.1) is 0 Å². The van der Waals surface area contributed by atoms with Gasteiger partial charge in [-0.1, -0.05) is 23.7 Å². The van der Waals surface area contributed by atoms with Gasteiger partial charge in [0.1, 0.15) is 16.3 Å². The predicted octanol–water partition coefficient (Wildman–Crippen LogP) is 4.45. The molecule has 0 atom stereocenters. The van der Waals surface area contributed by atoms with Crippen LogP contribution in [0.25, 0.3) is 0 Å². The van der Waals surface area contributed by atoms with Gasteiger partial charge >= 0.3 is 12.1 Å². The first-order valence-electron chi connectivity index (χ1n) is 6.45. The molecule has 0 aromatic heterocycles. The number of para-hydroxylation sites is 1. The first kappa shape index (κ1) is 20.2. The number of alkyl halides is 3. The van der Waals surface area contributed by atoms with Crippen LogP contribution in [0.4, 0.5) is 18.9 Å². The Labute approximate surface area is 144 Å². The molecule has 0 aliphatic heterocycles. The smallest absolute Gasteiger partial charge is 0.416 e. The van der Waals surface area contributed by atoms with Gasteiger partial charge in [-0.25, -0.2) is 4.79 Å². The number of nitrogens with zero attached hydrogens (tertiary/aromatic N) is 1. The Bertz CT molecular complexity index is 780. The monoisotopic (exact) mass is 377 g/mol. The normalized spacial score (nSPS) is 10.4. The number of nitro groups is 1. The quantitative estimate of drug-likeness (QED) is 0.474. The van der Waals surface area contributed by atoms with Crippen molar-refractivity contribution in [2.24, 2.45) is 0 Å². The van der Waals surface area contributed by atoms with Crippen molar-refractivity contribution in [3.8, 4) is 5.75 Å². The molecule has 2 rings (SSSR count). The number of carbonyl (C=O) groups is 1. The van der Waals surface area contributed by atoms with Crippen LogP contribution in [0.1, 0.15) is 15.9 Å². The van der Waals surface area contributed by atoms with Gasteiger partial charge in [0.2, 0.25) is 0 Å². The molecule has 134 valence electrons. The maximum atomic E-state index is 12.1. The highest BCUT2D eigenvalue weighted by Crippen LogP contribution is 2.34. The van der Waals surface area contributed by atoms with E-state index in [1.807, 2.05) is 0 Å². The van der Waals surface area contributed by atoms with Crippen LogP contribution >= 0.6 is 11.6 Å². The van der Waals surface area contributed by atoms with Crippen molar-refractivity contribution in [3.63, 3.8) is 0 Å². The second kappa shape index (κ2) is 8.34. The van der Waals surface area contributed by atoms with Gasteiger partial charge in [0, 0.05) is 6.07 Å². The third-order valence-electron chi connectivity index (χ3n) is 2.78. The summed E-state index contributed by atoms with van der Waals surface area (Å²) in [7, 11) is 1.27. The predicted molar refractivity (Wildman–Crippen MR) is 82.6 cm³/mol. The third-order valence-corrected chi connectivity index (χ3v) is 3.08. The van der Waals surface area contributed by atoms with E-state index >= 15 is 0 Å². The zero-order valence-electron chi connectivity index (χ0n) is 12.6. The summed E-state index contributed by atoms with van der Waals surface area (Å²) in [5, 5.41) is 18.8. The fourth-order valence-electron chi connectivity index (χ4n) is 1.59. The minimum atomic E-state index is -4.54. The van der Waals surface area contributed by atoms with Gasteiger partial charge in [-0.2, -0.15) is 13.2 Å². The number of nitro benzene ring substituents is 1. The maximum Gasteiger partial charge on any atom is 0.416 e. The van der Waals surface area contributed by atoms with Gasteiger partial charge in [0.25, 0.3) is 5.69 Å². The number of carbonyl (C=O) groups excluding carboxylic acids is 1. The summed E-state index contributed by atoms with van der Waals surface area (Å²) < 4.78 is 40.6. The second-order valence-electron chi connectivity index (χ2n) is 4.43. The number of hydrogen-bond donors (Lipinski definition) is 1. The molecular weight excluding hydrogens is 367 g/mol.